The number of aliphatic hydroxyl groups excluding tert-OH is 1. The van der Waals surface area contributed by atoms with Crippen LogP contribution in [0.2, 0.25) is 0 Å². The van der Waals surface area contributed by atoms with Gasteiger partial charge >= 0.3 is 11.9 Å². The van der Waals surface area contributed by atoms with E-state index in [9.17, 15) is 19.5 Å². The third-order valence-electron chi connectivity index (χ3n) is 2.52. The molecular formula is C15H27NO8. The standard InChI is InChI=1S/C8H12O5.C7H15NO3/c9-7(10)5-3-1-2-4-6-8(11)13-12;1-8(2,3)5-6(9)4-7(10)11/h4,6,12H,1-3,5H2,(H,9,10);6,9H,4-5H2,1-3H3. The second-order valence-electron chi connectivity index (χ2n) is 6.16. The summed E-state index contributed by atoms with van der Waals surface area (Å²) in [5, 5.41) is 35.2. The molecule has 0 radical (unpaired) electrons. The minimum absolute atomic E-state index is 0.137. The summed E-state index contributed by atoms with van der Waals surface area (Å²) in [6, 6.07) is 0. The number of carbonyl (C=O) groups excluding carboxylic acids is 2. The third kappa shape index (κ3) is 22.3. The molecule has 9 nitrogen and oxygen atoms in total. The summed E-state index contributed by atoms with van der Waals surface area (Å²) in [4.78, 5) is 33.8. The Balaban J connectivity index is 0. The lowest BCUT2D eigenvalue weighted by Crippen LogP contribution is -2.43. The predicted octanol–water partition coefficient (Wildman–Crippen LogP) is -0.603. The lowest BCUT2D eigenvalue weighted by Gasteiger charge is -2.26. The molecule has 0 saturated heterocycles. The van der Waals surface area contributed by atoms with Gasteiger partial charge in [-0.05, 0) is 19.3 Å². The number of aliphatic hydroxyl groups is 1. The van der Waals surface area contributed by atoms with Gasteiger partial charge in [-0.3, -0.25) is 9.68 Å². The molecule has 0 aromatic carbocycles. The number of aliphatic carboxylic acids is 2. The Labute approximate surface area is 141 Å². The fraction of sp³-hybridized carbons (Fsp3) is 0.667. The van der Waals surface area contributed by atoms with Gasteiger partial charge in [0.15, 0.2) is 0 Å². The Morgan fingerprint density at radius 2 is 1.79 bits per heavy atom. The molecule has 0 saturated carbocycles. The highest BCUT2D eigenvalue weighted by atomic mass is 17.1. The summed E-state index contributed by atoms with van der Waals surface area (Å²) >= 11 is 0. The molecule has 0 fully saturated rings. The molecule has 0 aromatic heterocycles. The van der Waals surface area contributed by atoms with Crippen molar-refractivity contribution < 1.29 is 44.3 Å². The number of nitrogens with zero attached hydrogens (tertiary/aromatic N) is 1. The molecule has 140 valence electrons. The van der Waals surface area contributed by atoms with E-state index in [2.05, 4.69) is 4.89 Å². The van der Waals surface area contributed by atoms with Crippen molar-refractivity contribution in [2.24, 2.45) is 0 Å². The molecule has 1 unspecified atom stereocenters. The zero-order valence-corrected chi connectivity index (χ0v) is 14.3. The number of quaternary nitrogens is 1. The second-order valence-corrected chi connectivity index (χ2v) is 6.16. The summed E-state index contributed by atoms with van der Waals surface area (Å²) in [7, 11) is 5.66. The maximum Gasteiger partial charge on any atom is 0.365 e. The van der Waals surface area contributed by atoms with Crippen molar-refractivity contribution in [3.05, 3.63) is 12.2 Å². The van der Waals surface area contributed by atoms with Crippen molar-refractivity contribution in [3.63, 3.8) is 0 Å². The zero-order valence-electron chi connectivity index (χ0n) is 14.3. The number of carbonyl (C=O) groups is 3. The molecule has 0 spiro atoms. The molecule has 0 aromatic rings. The highest BCUT2D eigenvalue weighted by Gasteiger charge is 2.14. The van der Waals surface area contributed by atoms with E-state index in [0.29, 0.717) is 30.3 Å². The van der Waals surface area contributed by atoms with Gasteiger partial charge in [0.2, 0.25) is 0 Å². The molecule has 0 aliphatic carbocycles. The Kier molecular flexibility index (Phi) is 13.6. The van der Waals surface area contributed by atoms with E-state index in [4.69, 9.17) is 15.5 Å². The van der Waals surface area contributed by atoms with Crippen molar-refractivity contribution in [1.82, 2.24) is 0 Å². The summed E-state index contributed by atoms with van der Waals surface area (Å²) in [5.41, 5.74) is 0. The minimum Gasteiger partial charge on any atom is -0.550 e. The normalized spacial score (nSPS) is 12.2. The van der Waals surface area contributed by atoms with E-state index < -0.39 is 24.0 Å². The van der Waals surface area contributed by atoms with E-state index in [-0.39, 0.29) is 12.8 Å². The third-order valence-corrected chi connectivity index (χ3v) is 2.52. The maximum absolute atomic E-state index is 10.3. The average Bonchev–Trinajstić information content (AvgIpc) is 2.39. The molecule has 0 heterocycles. The number of hydrogen-bond acceptors (Lipinski definition) is 7. The fourth-order valence-corrected chi connectivity index (χ4v) is 1.64. The van der Waals surface area contributed by atoms with Crippen LogP contribution in [-0.2, 0) is 19.3 Å². The van der Waals surface area contributed by atoms with Crippen molar-refractivity contribution in [3.8, 4) is 0 Å². The Hall–Kier alpha value is -1.97. The molecule has 0 bridgehead atoms. The van der Waals surface area contributed by atoms with Crippen molar-refractivity contribution in [2.75, 3.05) is 27.7 Å². The van der Waals surface area contributed by atoms with Crippen molar-refractivity contribution in [1.29, 1.82) is 0 Å². The van der Waals surface area contributed by atoms with Crippen LogP contribution >= 0.6 is 0 Å². The van der Waals surface area contributed by atoms with Gasteiger partial charge in [-0.15, -0.1) is 0 Å². The van der Waals surface area contributed by atoms with Gasteiger partial charge < -0.3 is 24.6 Å². The molecule has 0 amide bonds. The van der Waals surface area contributed by atoms with Crippen LogP contribution in [0.1, 0.15) is 32.1 Å². The van der Waals surface area contributed by atoms with Crippen LogP contribution in [0.25, 0.3) is 0 Å². The smallest absolute Gasteiger partial charge is 0.365 e. The molecule has 0 rings (SSSR count). The van der Waals surface area contributed by atoms with Crippen LogP contribution in [-0.4, -0.2) is 71.7 Å². The first-order valence-corrected chi connectivity index (χ1v) is 7.40. The number of rotatable bonds is 10. The zero-order chi connectivity index (χ0) is 19.2. The number of carboxylic acid groups (broad SMARTS) is 2. The van der Waals surface area contributed by atoms with Gasteiger partial charge in [-0.1, -0.05) is 6.08 Å². The Morgan fingerprint density at radius 1 is 1.21 bits per heavy atom. The first kappa shape index (κ1) is 24.3. The van der Waals surface area contributed by atoms with Crippen LogP contribution in [0.5, 0.6) is 0 Å². The van der Waals surface area contributed by atoms with Crippen molar-refractivity contribution >= 4 is 17.9 Å². The summed E-state index contributed by atoms with van der Waals surface area (Å²) in [6.07, 6.45) is 3.55. The molecule has 1 atom stereocenters. The number of likely N-dealkylation sites (N-methyl/N-ethyl adjacent to an activating group) is 1. The SMILES string of the molecule is C[N+](C)(C)CC(O)CC(=O)[O-].O=C(O)CCCCC=CC(=O)OO. The lowest BCUT2D eigenvalue weighted by molar-refractivity contribution is -0.873. The molecule has 0 aliphatic heterocycles. The predicted molar refractivity (Wildman–Crippen MR) is 82.5 cm³/mol. The highest BCUT2D eigenvalue weighted by molar-refractivity contribution is 5.81. The fourth-order valence-electron chi connectivity index (χ4n) is 1.64. The van der Waals surface area contributed by atoms with E-state index in [1.54, 1.807) is 0 Å². The van der Waals surface area contributed by atoms with E-state index >= 15 is 0 Å². The van der Waals surface area contributed by atoms with Crippen LogP contribution < -0.4 is 5.11 Å². The van der Waals surface area contributed by atoms with E-state index in [0.717, 1.165) is 6.08 Å². The first-order valence-electron chi connectivity index (χ1n) is 7.40. The summed E-state index contributed by atoms with van der Waals surface area (Å²) in [6.45, 7) is 0.425. The average molecular weight is 349 g/mol. The summed E-state index contributed by atoms with van der Waals surface area (Å²) < 4.78 is 0.550. The van der Waals surface area contributed by atoms with Crippen LogP contribution in [0.15, 0.2) is 12.2 Å². The van der Waals surface area contributed by atoms with Crippen LogP contribution in [0, 0.1) is 0 Å². The maximum atomic E-state index is 10.3. The largest absolute Gasteiger partial charge is 0.550 e. The Bertz CT molecular complexity index is 414. The van der Waals surface area contributed by atoms with E-state index in [1.165, 1.54) is 6.08 Å². The second kappa shape index (κ2) is 13.5. The molecular weight excluding hydrogens is 322 g/mol. The van der Waals surface area contributed by atoms with Crippen molar-refractivity contribution in [2.45, 2.75) is 38.2 Å². The number of carboxylic acids is 2. The van der Waals surface area contributed by atoms with E-state index in [1.807, 2.05) is 21.1 Å². The molecule has 9 heteroatoms. The summed E-state index contributed by atoms with van der Waals surface area (Å²) in [5.74, 6) is -2.84. The number of allylic oxidation sites excluding steroid dienone is 1. The topological polar surface area (TPSA) is 144 Å². The van der Waals surface area contributed by atoms with Gasteiger partial charge in [0, 0.05) is 24.9 Å². The first-order chi connectivity index (χ1) is 11.0. The lowest BCUT2D eigenvalue weighted by atomic mass is 10.2. The highest BCUT2D eigenvalue weighted by Crippen LogP contribution is 2.00. The van der Waals surface area contributed by atoms with Gasteiger partial charge in [0.1, 0.15) is 12.6 Å². The molecule has 0 aliphatic rings. The van der Waals surface area contributed by atoms with Gasteiger partial charge in [-0.2, -0.15) is 5.26 Å². The molecule has 3 N–H and O–H groups in total. The minimum atomic E-state index is -1.20. The molecule has 24 heavy (non-hydrogen) atoms. The Morgan fingerprint density at radius 3 is 2.21 bits per heavy atom. The van der Waals surface area contributed by atoms with Crippen LogP contribution in [0.4, 0.5) is 0 Å². The number of unbranched alkanes of at least 4 members (excludes halogenated alkanes) is 2. The number of hydrogen-bond donors (Lipinski definition) is 3. The van der Waals surface area contributed by atoms with Gasteiger partial charge in [-0.25, -0.2) is 4.79 Å². The quantitative estimate of drug-likeness (QED) is 0.156. The van der Waals surface area contributed by atoms with Gasteiger partial charge in [0.05, 0.1) is 21.1 Å². The monoisotopic (exact) mass is 349 g/mol. The van der Waals surface area contributed by atoms with Crippen LogP contribution in [0.3, 0.4) is 0 Å². The van der Waals surface area contributed by atoms with Gasteiger partial charge in [0.25, 0.3) is 0 Å².